The first-order chi connectivity index (χ1) is 14.4. The number of fused-ring (bicyclic) bond motifs is 1. The molecule has 0 spiro atoms. The third-order valence-electron chi connectivity index (χ3n) is 4.94. The van der Waals surface area contributed by atoms with E-state index >= 15 is 0 Å². The van der Waals surface area contributed by atoms with Crippen LogP contribution in [0.4, 0.5) is 0 Å². The van der Waals surface area contributed by atoms with Crippen molar-refractivity contribution in [3.05, 3.63) is 70.1 Å². The molecular formula is C22H20Cl2N4O2. The second-order valence-corrected chi connectivity index (χ2v) is 7.80. The predicted molar refractivity (Wildman–Crippen MR) is 118 cm³/mol. The van der Waals surface area contributed by atoms with Gasteiger partial charge < -0.3 is 9.30 Å². The van der Waals surface area contributed by atoms with E-state index in [4.69, 9.17) is 27.9 Å². The maximum atomic E-state index is 12.4. The van der Waals surface area contributed by atoms with Crippen LogP contribution in [0.15, 0.2) is 48.8 Å². The van der Waals surface area contributed by atoms with Crippen molar-refractivity contribution in [1.82, 2.24) is 19.3 Å². The van der Waals surface area contributed by atoms with Gasteiger partial charge in [-0.15, -0.1) is 0 Å². The van der Waals surface area contributed by atoms with Crippen LogP contribution in [0.1, 0.15) is 18.2 Å². The summed E-state index contributed by atoms with van der Waals surface area (Å²) in [6.07, 6.45) is 1.93. The van der Waals surface area contributed by atoms with Gasteiger partial charge in [0.2, 0.25) is 0 Å². The molecule has 4 aromatic rings. The van der Waals surface area contributed by atoms with E-state index in [-0.39, 0.29) is 19.0 Å². The van der Waals surface area contributed by atoms with Gasteiger partial charge in [0.15, 0.2) is 0 Å². The van der Waals surface area contributed by atoms with E-state index in [2.05, 4.69) is 21.6 Å². The molecule has 0 N–H and O–H groups in total. The third kappa shape index (κ3) is 4.20. The van der Waals surface area contributed by atoms with E-state index < -0.39 is 0 Å². The maximum absolute atomic E-state index is 12.4. The highest BCUT2D eigenvalue weighted by atomic mass is 35.5. The number of ether oxygens (including phenoxy) is 1. The molecule has 4 rings (SSSR count). The quantitative estimate of drug-likeness (QED) is 0.392. The SMILES string of the molecule is CCn1cnc2cc(COC(=O)Cc3cc(-c4ccc(Cl)cc4Cl)nn3C)ccc21. The van der Waals surface area contributed by atoms with Gasteiger partial charge in [-0.1, -0.05) is 29.3 Å². The number of esters is 1. The summed E-state index contributed by atoms with van der Waals surface area (Å²) in [4.78, 5) is 16.8. The Kier molecular flexibility index (Phi) is 5.79. The molecule has 0 aliphatic rings. The lowest BCUT2D eigenvalue weighted by atomic mass is 10.1. The van der Waals surface area contributed by atoms with Crippen LogP contribution in [0.25, 0.3) is 22.3 Å². The first-order valence-corrected chi connectivity index (χ1v) is 10.3. The van der Waals surface area contributed by atoms with E-state index in [0.29, 0.717) is 15.7 Å². The Morgan fingerprint density at radius 3 is 2.73 bits per heavy atom. The van der Waals surface area contributed by atoms with Crippen LogP contribution in [0.3, 0.4) is 0 Å². The smallest absolute Gasteiger partial charge is 0.312 e. The molecule has 0 saturated heterocycles. The highest BCUT2D eigenvalue weighted by Crippen LogP contribution is 2.30. The van der Waals surface area contributed by atoms with Crippen LogP contribution < -0.4 is 0 Å². The second-order valence-electron chi connectivity index (χ2n) is 6.96. The molecule has 0 saturated carbocycles. The van der Waals surface area contributed by atoms with Crippen molar-refractivity contribution in [1.29, 1.82) is 0 Å². The Balaban J connectivity index is 1.42. The lowest BCUT2D eigenvalue weighted by molar-refractivity contribution is -0.144. The van der Waals surface area contributed by atoms with Crippen molar-refractivity contribution < 1.29 is 9.53 Å². The van der Waals surface area contributed by atoms with Gasteiger partial charge in [-0.3, -0.25) is 9.48 Å². The Hall–Kier alpha value is -2.83. The molecule has 0 fully saturated rings. The molecular weight excluding hydrogens is 423 g/mol. The first-order valence-electron chi connectivity index (χ1n) is 9.52. The van der Waals surface area contributed by atoms with Gasteiger partial charge in [0.1, 0.15) is 6.61 Å². The fourth-order valence-electron chi connectivity index (χ4n) is 3.31. The summed E-state index contributed by atoms with van der Waals surface area (Å²) in [6.45, 7) is 3.13. The number of benzene rings is 2. The number of hydrogen-bond acceptors (Lipinski definition) is 4. The van der Waals surface area contributed by atoms with Crippen molar-refractivity contribution in [2.24, 2.45) is 7.05 Å². The van der Waals surface area contributed by atoms with Crippen molar-refractivity contribution in [3.8, 4) is 11.3 Å². The number of hydrogen-bond donors (Lipinski definition) is 0. The zero-order chi connectivity index (χ0) is 21.3. The molecule has 0 radical (unpaired) electrons. The average molecular weight is 443 g/mol. The van der Waals surface area contributed by atoms with E-state index in [0.717, 1.165) is 34.4 Å². The maximum Gasteiger partial charge on any atom is 0.312 e. The van der Waals surface area contributed by atoms with Crippen molar-refractivity contribution in [2.75, 3.05) is 0 Å². The number of imidazole rings is 1. The van der Waals surface area contributed by atoms with Gasteiger partial charge in [0, 0.05) is 29.9 Å². The molecule has 0 atom stereocenters. The summed E-state index contributed by atoms with van der Waals surface area (Å²) in [7, 11) is 1.79. The number of carbonyl (C=O) groups excluding carboxylic acids is 1. The highest BCUT2D eigenvalue weighted by molar-refractivity contribution is 6.36. The molecule has 8 heteroatoms. The van der Waals surface area contributed by atoms with E-state index in [1.165, 1.54) is 0 Å². The van der Waals surface area contributed by atoms with Crippen LogP contribution in [0.2, 0.25) is 10.0 Å². The van der Waals surface area contributed by atoms with Gasteiger partial charge in [-0.25, -0.2) is 4.98 Å². The van der Waals surface area contributed by atoms with Gasteiger partial charge >= 0.3 is 5.97 Å². The van der Waals surface area contributed by atoms with Crippen LogP contribution in [-0.4, -0.2) is 25.3 Å². The van der Waals surface area contributed by atoms with E-state index in [1.807, 2.05) is 36.7 Å². The zero-order valence-electron chi connectivity index (χ0n) is 16.6. The molecule has 2 aromatic carbocycles. The Morgan fingerprint density at radius 1 is 1.13 bits per heavy atom. The van der Waals surface area contributed by atoms with Gasteiger partial charge in [0.25, 0.3) is 0 Å². The number of halogens is 2. The largest absolute Gasteiger partial charge is 0.461 e. The molecule has 0 unspecified atom stereocenters. The average Bonchev–Trinajstić information content (AvgIpc) is 3.29. The van der Waals surface area contributed by atoms with Gasteiger partial charge in [-0.05, 0) is 48.9 Å². The summed E-state index contributed by atoms with van der Waals surface area (Å²) in [5.74, 6) is -0.328. The monoisotopic (exact) mass is 442 g/mol. The second kappa shape index (κ2) is 8.50. The molecule has 154 valence electrons. The Labute approximate surface area is 184 Å². The fraction of sp³-hybridized carbons (Fsp3) is 0.227. The summed E-state index contributed by atoms with van der Waals surface area (Å²) < 4.78 is 9.19. The molecule has 0 amide bonds. The molecule has 2 aromatic heterocycles. The number of carbonyl (C=O) groups is 1. The van der Waals surface area contributed by atoms with Crippen LogP contribution >= 0.6 is 23.2 Å². The lowest BCUT2D eigenvalue weighted by Gasteiger charge is -2.06. The summed E-state index contributed by atoms with van der Waals surface area (Å²) in [5.41, 5.74) is 5.03. The Bertz CT molecular complexity index is 1230. The molecule has 30 heavy (non-hydrogen) atoms. The van der Waals surface area contributed by atoms with Crippen LogP contribution in [0, 0.1) is 0 Å². The molecule has 2 heterocycles. The molecule has 6 nitrogen and oxygen atoms in total. The van der Waals surface area contributed by atoms with Crippen molar-refractivity contribution >= 4 is 40.2 Å². The minimum Gasteiger partial charge on any atom is -0.461 e. The number of nitrogens with zero attached hydrogens (tertiary/aromatic N) is 4. The van der Waals surface area contributed by atoms with E-state index in [1.54, 1.807) is 23.9 Å². The summed E-state index contributed by atoms with van der Waals surface area (Å²) >= 11 is 12.2. The minimum atomic E-state index is -0.328. The topological polar surface area (TPSA) is 61.9 Å². The summed E-state index contributed by atoms with van der Waals surface area (Å²) in [6, 6.07) is 13.0. The number of rotatable bonds is 6. The van der Waals surface area contributed by atoms with Crippen molar-refractivity contribution in [2.45, 2.75) is 26.5 Å². The predicted octanol–water partition coefficient (Wildman–Crippen LogP) is 5.05. The van der Waals surface area contributed by atoms with Gasteiger partial charge in [-0.2, -0.15) is 5.10 Å². The Morgan fingerprint density at radius 2 is 1.97 bits per heavy atom. The fourth-order valence-corrected chi connectivity index (χ4v) is 3.82. The number of aromatic nitrogens is 4. The standard InChI is InChI=1S/C22H20Cl2N4O2/c1-3-28-13-25-20-8-14(4-7-21(20)28)12-30-22(29)11-16-10-19(26-27(16)2)17-6-5-15(23)9-18(17)24/h4-10,13H,3,11-12H2,1-2H3. The summed E-state index contributed by atoms with van der Waals surface area (Å²) in [5, 5.41) is 5.53. The van der Waals surface area contributed by atoms with E-state index in [9.17, 15) is 4.79 Å². The zero-order valence-corrected chi connectivity index (χ0v) is 18.1. The van der Waals surface area contributed by atoms with Crippen LogP contribution in [0.5, 0.6) is 0 Å². The lowest BCUT2D eigenvalue weighted by Crippen LogP contribution is -2.11. The number of aryl methyl sites for hydroxylation is 2. The van der Waals surface area contributed by atoms with Crippen molar-refractivity contribution in [3.63, 3.8) is 0 Å². The highest BCUT2D eigenvalue weighted by Gasteiger charge is 2.14. The molecule has 0 bridgehead atoms. The molecule has 0 aliphatic carbocycles. The normalized spacial score (nSPS) is 11.2. The van der Waals surface area contributed by atoms with Gasteiger partial charge in [0.05, 0.1) is 34.5 Å². The molecule has 0 aliphatic heterocycles. The minimum absolute atomic E-state index is 0.113. The van der Waals surface area contributed by atoms with Crippen LogP contribution in [-0.2, 0) is 36.2 Å². The first kappa shape index (κ1) is 20.4. The third-order valence-corrected chi connectivity index (χ3v) is 5.48.